The molecule has 0 bridgehead atoms. The zero-order valence-corrected chi connectivity index (χ0v) is 16.6. The van der Waals surface area contributed by atoms with Gasteiger partial charge in [0.05, 0.1) is 0 Å². The maximum absolute atomic E-state index is 10.7. The molecule has 0 amide bonds. The van der Waals surface area contributed by atoms with Crippen LogP contribution in [0.1, 0.15) is 12.5 Å². The van der Waals surface area contributed by atoms with Crippen molar-refractivity contribution in [3.63, 3.8) is 0 Å². The zero-order valence-electron chi connectivity index (χ0n) is 14.2. The van der Waals surface area contributed by atoms with Gasteiger partial charge < -0.3 is 10.4 Å². The van der Waals surface area contributed by atoms with Gasteiger partial charge in [0.1, 0.15) is 11.4 Å². The summed E-state index contributed by atoms with van der Waals surface area (Å²) in [5.74, 6) is 1.12. The molecule has 0 fully saturated rings. The first-order valence-corrected chi connectivity index (χ1v) is 9.80. The minimum Gasteiger partial charge on any atom is -0.384 e. The van der Waals surface area contributed by atoms with Crippen LogP contribution in [-0.4, -0.2) is 31.5 Å². The van der Waals surface area contributed by atoms with E-state index in [4.69, 9.17) is 23.2 Å². The molecule has 138 valence electrons. The molecule has 0 radical (unpaired) electrons. The van der Waals surface area contributed by atoms with Gasteiger partial charge in [-0.05, 0) is 59.6 Å². The summed E-state index contributed by atoms with van der Waals surface area (Å²) in [6.07, 6.45) is 0. The Morgan fingerprint density at radius 2 is 1.93 bits per heavy atom. The number of aromatic nitrogens is 4. The van der Waals surface area contributed by atoms with Crippen molar-refractivity contribution < 1.29 is 5.11 Å². The summed E-state index contributed by atoms with van der Waals surface area (Å²) in [7, 11) is 0. The second kappa shape index (κ2) is 7.09. The summed E-state index contributed by atoms with van der Waals surface area (Å²) in [5.41, 5.74) is 1.17. The molecule has 2 N–H and O–H groups in total. The topological polar surface area (TPSA) is 75.3 Å². The van der Waals surface area contributed by atoms with Crippen LogP contribution in [0.2, 0.25) is 10.0 Å². The Labute approximate surface area is 169 Å². The lowest BCUT2D eigenvalue weighted by Gasteiger charge is -2.23. The number of hydrogen-bond acceptors (Lipinski definition) is 6. The summed E-state index contributed by atoms with van der Waals surface area (Å²) >= 11 is 13.7. The van der Waals surface area contributed by atoms with E-state index in [1.807, 2.05) is 16.8 Å². The molecule has 9 heteroatoms. The molecule has 0 saturated heterocycles. The molecule has 0 spiro atoms. The SMILES string of the molecule is CC(O)(CNc1ccc2nnc(-c3cc(Cl)cc(Cl)c3)n2n1)c1ccsc1. The molecular formula is C18H15Cl2N5OS. The van der Waals surface area contributed by atoms with Crippen molar-refractivity contribution in [2.24, 2.45) is 0 Å². The van der Waals surface area contributed by atoms with Crippen molar-refractivity contribution in [3.8, 4) is 11.4 Å². The highest BCUT2D eigenvalue weighted by Crippen LogP contribution is 2.27. The molecule has 1 atom stereocenters. The Balaban J connectivity index is 1.64. The molecule has 3 aromatic heterocycles. The third kappa shape index (κ3) is 3.77. The lowest BCUT2D eigenvalue weighted by atomic mass is 9.99. The first-order chi connectivity index (χ1) is 12.9. The van der Waals surface area contributed by atoms with Gasteiger partial charge in [0, 0.05) is 22.2 Å². The third-order valence-electron chi connectivity index (χ3n) is 4.14. The number of nitrogens with zero attached hydrogens (tertiary/aromatic N) is 4. The highest BCUT2D eigenvalue weighted by Gasteiger charge is 2.23. The van der Waals surface area contributed by atoms with Gasteiger partial charge in [-0.25, -0.2) is 0 Å². The van der Waals surface area contributed by atoms with Crippen LogP contribution in [0.5, 0.6) is 0 Å². The number of anilines is 1. The average Bonchev–Trinajstić information content (AvgIpc) is 3.29. The van der Waals surface area contributed by atoms with E-state index in [2.05, 4.69) is 20.6 Å². The quantitative estimate of drug-likeness (QED) is 0.498. The van der Waals surface area contributed by atoms with Crippen LogP contribution in [0, 0.1) is 0 Å². The minimum absolute atomic E-state index is 0.308. The van der Waals surface area contributed by atoms with Crippen LogP contribution >= 0.6 is 34.5 Å². The van der Waals surface area contributed by atoms with Crippen LogP contribution in [0.4, 0.5) is 5.82 Å². The number of nitrogens with one attached hydrogen (secondary N) is 1. The van der Waals surface area contributed by atoms with E-state index in [1.165, 1.54) is 0 Å². The van der Waals surface area contributed by atoms with Crippen molar-refractivity contribution in [1.82, 2.24) is 19.8 Å². The predicted octanol–water partition coefficient (Wildman–Crippen LogP) is 4.48. The number of fused-ring (bicyclic) bond motifs is 1. The van der Waals surface area contributed by atoms with Crippen molar-refractivity contribution in [2.75, 3.05) is 11.9 Å². The van der Waals surface area contributed by atoms with Crippen LogP contribution in [-0.2, 0) is 5.60 Å². The van der Waals surface area contributed by atoms with E-state index in [9.17, 15) is 5.11 Å². The van der Waals surface area contributed by atoms with Gasteiger partial charge in [0.15, 0.2) is 11.5 Å². The van der Waals surface area contributed by atoms with Crippen LogP contribution < -0.4 is 5.32 Å². The molecule has 1 aromatic carbocycles. The number of rotatable bonds is 5. The van der Waals surface area contributed by atoms with Gasteiger partial charge in [-0.3, -0.25) is 0 Å². The summed E-state index contributed by atoms with van der Waals surface area (Å²) in [4.78, 5) is 0. The normalized spacial score (nSPS) is 13.6. The molecule has 3 heterocycles. The van der Waals surface area contributed by atoms with Gasteiger partial charge in [-0.15, -0.1) is 15.3 Å². The molecule has 0 aliphatic carbocycles. The molecule has 0 aliphatic rings. The fourth-order valence-corrected chi connectivity index (χ4v) is 3.99. The fraction of sp³-hybridized carbons (Fsp3) is 0.167. The van der Waals surface area contributed by atoms with Gasteiger partial charge in [-0.1, -0.05) is 23.2 Å². The molecule has 1 unspecified atom stereocenters. The first-order valence-electron chi connectivity index (χ1n) is 8.10. The van der Waals surface area contributed by atoms with Crippen molar-refractivity contribution in [2.45, 2.75) is 12.5 Å². The second-order valence-corrected chi connectivity index (χ2v) is 7.96. The number of thiophene rings is 1. The Morgan fingerprint density at radius 3 is 2.63 bits per heavy atom. The van der Waals surface area contributed by atoms with Gasteiger partial charge in [-0.2, -0.15) is 15.9 Å². The predicted molar refractivity (Wildman–Crippen MR) is 109 cm³/mol. The van der Waals surface area contributed by atoms with Crippen LogP contribution in [0.3, 0.4) is 0 Å². The van der Waals surface area contributed by atoms with Crippen molar-refractivity contribution in [1.29, 1.82) is 0 Å². The standard InChI is InChI=1S/C18H15Cl2N5OS/c1-18(26,12-4-5-27-9-12)10-21-15-2-3-16-22-23-17(25(16)24-15)11-6-13(19)8-14(20)7-11/h2-9,26H,10H2,1H3,(H,21,24). The molecule has 4 rings (SSSR count). The minimum atomic E-state index is -1.01. The molecular weight excluding hydrogens is 405 g/mol. The Kier molecular flexibility index (Phi) is 4.77. The maximum atomic E-state index is 10.7. The van der Waals surface area contributed by atoms with E-state index in [0.29, 0.717) is 33.9 Å². The van der Waals surface area contributed by atoms with Crippen LogP contribution in [0.25, 0.3) is 17.0 Å². The monoisotopic (exact) mass is 419 g/mol. The first kappa shape index (κ1) is 18.2. The third-order valence-corrected chi connectivity index (χ3v) is 5.26. The number of benzene rings is 1. The Bertz CT molecular complexity index is 1070. The molecule has 27 heavy (non-hydrogen) atoms. The molecule has 6 nitrogen and oxygen atoms in total. The average molecular weight is 420 g/mol. The van der Waals surface area contributed by atoms with E-state index in [1.54, 1.807) is 53.1 Å². The van der Waals surface area contributed by atoms with Gasteiger partial charge >= 0.3 is 0 Å². The number of halogens is 2. The second-order valence-electron chi connectivity index (χ2n) is 6.31. The zero-order chi connectivity index (χ0) is 19.0. The molecule has 0 aliphatic heterocycles. The van der Waals surface area contributed by atoms with Crippen molar-refractivity contribution >= 4 is 46.0 Å². The Hall–Kier alpha value is -2.19. The van der Waals surface area contributed by atoms with Gasteiger partial charge in [0.25, 0.3) is 0 Å². The highest BCUT2D eigenvalue weighted by molar-refractivity contribution is 7.08. The summed E-state index contributed by atoms with van der Waals surface area (Å²) in [6.45, 7) is 2.07. The fourth-order valence-electron chi connectivity index (χ4n) is 2.68. The van der Waals surface area contributed by atoms with E-state index < -0.39 is 5.60 Å². The maximum Gasteiger partial charge on any atom is 0.185 e. The van der Waals surface area contributed by atoms with E-state index in [0.717, 1.165) is 11.1 Å². The lowest BCUT2D eigenvalue weighted by Crippen LogP contribution is -2.30. The largest absolute Gasteiger partial charge is 0.384 e. The van der Waals surface area contributed by atoms with Crippen molar-refractivity contribution in [3.05, 3.63) is 62.8 Å². The number of hydrogen-bond donors (Lipinski definition) is 2. The van der Waals surface area contributed by atoms with Gasteiger partial charge in [0.2, 0.25) is 0 Å². The molecule has 4 aromatic rings. The number of aliphatic hydroxyl groups is 1. The Morgan fingerprint density at radius 1 is 1.15 bits per heavy atom. The molecule has 0 saturated carbocycles. The summed E-state index contributed by atoms with van der Waals surface area (Å²) in [5, 5.41) is 31.6. The summed E-state index contributed by atoms with van der Waals surface area (Å²) < 4.78 is 1.61. The van der Waals surface area contributed by atoms with Crippen LogP contribution in [0.15, 0.2) is 47.2 Å². The van der Waals surface area contributed by atoms with E-state index in [-0.39, 0.29) is 0 Å². The summed E-state index contributed by atoms with van der Waals surface area (Å²) in [6, 6.07) is 10.7. The smallest absolute Gasteiger partial charge is 0.185 e. The lowest BCUT2D eigenvalue weighted by molar-refractivity contribution is 0.0719. The van der Waals surface area contributed by atoms with E-state index >= 15 is 0 Å². The highest BCUT2D eigenvalue weighted by atomic mass is 35.5.